The second kappa shape index (κ2) is 8.98. The third kappa shape index (κ3) is 4.64. The monoisotopic (exact) mass is 502 g/mol. The van der Waals surface area contributed by atoms with E-state index in [9.17, 15) is 9.59 Å². The number of halogens is 3. The van der Waals surface area contributed by atoms with Crippen LogP contribution in [-0.2, 0) is 25.5 Å². The third-order valence-electron chi connectivity index (χ3n) is 7.70. The first-order chi connectivity index (χ1) is 15.0. The van der Waals surface area contributed by atoms with E-state index in [0.717, 1.165) is 38.5 Å². The highest BCUT2D eigenvalue weighted by atomic mass is 35.6. The summed E-state index contributed by atoms with van der Waals surface area (Å²) in [5.41, 5.74) is 2.60. The average molecular weight is 504 g/mol. The molecule has 8 heteroatoms. The molecule has 0 saturated heterocycles. The van der Waals surface area contributed by atoms with Gasteiger partial charge in [0, 0.05) is 13.8 Å². The van der Waals surface area contributed by atoms with Gasteiger partial charge in [-0.3, -0.25) is 9.59 Å². The summed E-state index contributed by atoms with van der Waals surface area (Å²) >= 11 is 18.2. The Bertz CT molecular complexity index is 898. The summed E-state index contributed by atoms with van der Waals surface area (Å²) < 4.78 is 14.8. The molecule has 0 aromatic heterocycles. The van der Waals surface area contributed by atoms with E-state index in [0.29, 0.717) is 23.5 Å². The molecule has 4 rings (SSSR count). The number of rotatable bonds is 4. The zero-order chi connectivity index (χ0) is 23.3. The van der Waals surface area contributed by atoms with Crippen molar-refractivity contribution in [2.45, 2.75) is 81.4 Å². The average Bonchev–Trinajstić information content (AvgIpc) is 3.02. The molecule has 2 saturated carbocycles. The summed E-state index contributed by atoms with van der Waals surface area (Å²) in [6.07, 6.45) is 4.61. The Morgan fingerprint density at radius 1 is 1.09 bits per heavy atom. The van der Waals surface area contributed by atoms with Crippen molar-refractivity contribution in [3.05, 3.63) is 29.3 Å². The normalized spacial score (nSPS) is 32.3. The van der Waals surface area contributed by atoms with Gasteiger partial charge in [-0.15, -0.1) is 0 Å². The van der Waals surface area contributed by atoms with Gasteiger partial charge in [0.2, 0.25) is 0 Å². The lowest BCUT2D eigenvalue weighted by atomic mass is 9.55. The van der Waals surface area contributed by atoms with E-state index in [1.165, 1.54) is 25.0 Å². The molecule has 2 unspecified atom stereocenters. The molecular formula is C24H29Cl3O5. The lowest BCUT2D eigenvalue weighted by molar-refractivity contribution is -0.202. The van der Waals surface area contributed by atoms with Crippen LogP contribution in [0.25, 0.3) is 0 Å². The van der Waals surface area contributed by atoms with Crippen LogP contribution >= 0.6 is 34.8 Å². The number of hydrogen-bond acceptors (Lipinski definition) is 5. The fraction of sp³-hybridized carbons (Fsp3) is 0.667. The number of esters is 2. The number of carbonyl (C=O) groups excluding carboxylic acids is 2. The SMILES string of the molecule is CC(=O)Oc1ccc2c(c1)CCC1[C@@H]2CC[C@]2(C)[C@@H](OC(OC(C)=O)C(Cl)(Cl)Cl)CC[C@@H]12. The largest absolute Gasteiger partial charge is 0.431 e. The molecule has 0 bridgehead atoms. The Morgan fingerprint density at radius 3 is 2.50 bits per heavy atom. The van der Waals surface area contributed by atoms with Crippen molar-refractivity contribution in [1.82, 2.24) is 0 Å². The van der Waals surface area contributed by atoms with Gasteiger partial charge in [-0.05, 0) is 85.0 Å². The van der Waals surface area contributed by atoms with Crippen LogP contribution in [0.5, 0.6) is 5.75 Å². The Labute approximate surface area is 204 Å². The maximum Gasteiger partial charge on any atom is 0.308 e. The van der Waals surface area contributed by atoms with Crippen LogP contribution in [0.15, 0.2) is 18.2 Å². The molecule has 32 heavy (non-hydrogen) atoms. The number of hydrogen-bond donors (Lipinski definition) is 0. The number of alkyl halides is 3. The molecule has 0 heterocycles. The third-order valence-corrected chi connectivity index (χ3v) is 8.24. The predicted octanol–water partition coefficient (Wildman–Crippen LogP) is 6.11. The van der Waals surface area contributed by atoms with Crippen molar-refractivity contribution >= 4 is 46.7 Å². The summed E-state index contributed by atoms with van der Waals surface area (Å²) in [6, 6.07) is 6.06. The summed E-state index contributed by atoms with van der Waals surface area (Å²) in [4.78, 5) is 22.8. The van der Waals surface area contributed by atoms with Crippen LogP contribution in [0, 0.1) is 17.3 Å². The Morgan fingerprint density at radius 2 is 1.84 bits per heavy atom. The lowest BCUT2D eigenvalue weighted by Crippen LogP contribution is -2.47. The fourth-order valence-corrected chi connectivity index (χ4v) is 6.72. The minimum Gasteiger partial charge on any atom is -0.431 e. The minimum absolute atomic E-state index is 0.0648. The second-order valence-corrected chi connectivity index (χ2v) is 12.0. The van der Waals surface area contributed by atoms with E-state index in [2.05, 4.69) is 13.0 Å². The van der Waals surface area contributed by atoms with Crippen LogP contribution in [0.1, 0.15) is 69.9 Å². The predicted molar refractivity (Wildman–Crippen MR) is 123 cm³/mol. The van der Waals surface area contributed by atoms with Gasteiger partial charge < -0.3 is 14.2 Å². The van der Waals surface area contributed by atoms with Crippen molar-refractivity contribution in [3.8, 4) is 5.75 Å². The Kier molecular flexibility index (Phi) is 6.77. The highest BCUT2D eigenvalue weighted by Gasteiger charge is 2.56. The maximum absolute atomic E-state index is 11.5. The molecule has 3 aliphatic rings. The number of carbonyl (C=O) groups is 2. The van der Waals surface area contributed by atoms with Gasteiger partial charge in [0.15, 0.2) is 0 Å². The minimum atomic E-state index is -1.85. The molecule has 0 radical (unpaired) electrons. The van der Waals surface area contributed by atoms with Crippen molar-refractivity contribution in [2.24, 2.45) is 17.3 Å². The lowest BCUT2D eigenvalue weighted by Gasteiger charge is -2.51. The highest BCUT2D eigenvalue weighted by Crippen LogP contribution is 2.62. The van der Waals surface area contributed by atoms with E-state index in [1.54, 1.807) is 0 Å². The van der Waals surface area contributed by atoms with Crippen LogP contribution in [0.2, 0.25) is 0 Å². The molecule has 1 aromatic rings. The second-order valence-electron chi connectivity index (χ2n) is 9.60. The molecule has 5 nitrogen and oxygen atoms in total. The van der Waals surface area contributed by atoms with Crippen LogP contribution in [0.3, 0.4) is 0 Å². The topological polar surface area (TPSA) is 61.8 Å². The summed E-state index contributed by atoms with van der Waals surface area (Å²) in [6.45, 7) is 4.97. The van der Waals surface area contributed by atoms with Crippen LogP contribution < -0.4 is 4.74 Å². The molecule has 3 aliphatic carbocycles. The molecular weight excluding hydrogens is 475 g/mol. The van der Waals surface area contributed by atoms with E-state index in [4.69, 9.17) is 49.0 Å². The van der Waals surface area contributed by atoms with Gasteiger partial charge in [-0.25, -0.2) is 0 Å². The summed E-state index contributed by atoms with van der Waals surface area (Å²) in [5.74, 6) is 1.30. The van der Waals surface area contributed by atoms with Crippen molar-refractivity contribution in [1.29, 1.82) is 0 Å². The Balaban J connectivity index is 1.53. The van der Waals surface area contributed by atoms with Gasteiger partial charge in [-0.1, -0.05) is 47.8 Å². The van der Waals surface area contributed by atoms with E-state index in [-0.39, 0.29) is 17.5 Å². The highest BCUT2D eigenvalue weighted by molar-refractivity contribution is 6.68. The zero-order valence-electron chi connectivity index (χ0n) is 18.5. The quantitative estimate of drug-likeness (QED) is 0.215. The van der Waals surface area contributed by atoms with Crippen molar-refractivity contribution in [3.63, 3.8) is 0 Å². The number of benzene rings is 1. The molecule has 1 aromatic carbocycles. The van der Waals surface area contributed by atoms with E-state index >= 15 is 0 Å². The number of ether oxygens (including phenoxy) is 3. The van der Waals surface area contributed by atoms with E-state index in [1.807, 2.05) is 12.1 Å². The molecule has 176 valence electrons. The first-order valence-electron chi connectivity index (χ1n) is 11.2. The molecule has 0 amide bonds. The molecule has 0 aliphatic heterocycles. The number of aryl methyl sites for hydroxylation is 1. The van der Waals surface area contributed by atoms with Crippen molar-refractivity contribution < 1.29 is 23.8 Å². The van der Waals surface area contributed by atoms with Crippen molar-refractivity contribution in [2.75, 3.05) is 0 Å². The first kappa shape index (κ1) is 24.1. The smallest absolute Gasteiger partial charge is 0.308 e. The van der Waals surface area contributed by atoms with Crippen LogP contribution in [-0.4, -0.2) is 28.1 Å². The van der Waals surface area contributed by atoms with Gasteiger partial charge in [0.05, 0.1) is 6.10 Å². The van der Waals surface area contributed by atoms with E-state index < -0.39 is 16.1 Å². The van der Waals surface area contributed by atoms with Crippen LogP contribution in [0.4, 0.5) is 0 Å². The standard InChI is InChI=1S/C24H29Cl3O5/c1-13(28)30-16-5-7-17-15(12-16)4-6-19-18(17)10-11-23(3)20(19)8-9-21(23)32-22(24(25,26)27)31-14(2)29/h5,7,12,18-22H,4,6,8-11H2,1-3H3/t18-,19?,20+,21+,22?,23+/m1/s1. The number of fused-ring (bicyclic) bond motifs is 5. The van der Waals surface area contributed by atoms with Gasteiger partial charge >= 0.3 is 11.9 Å². The zero-order valence-corrected chi connectivity index (χ0v) is 20.8. The molecule has 2 fully saturated rings. The maximum atomic E-state index is 11.5. The van der Waals surface area contributed by atoms with Gasteiger partial charge in [0.25, 0.3) is 10.1 Å². The fourth-order valence-electron chi connectivity index (χ4n) is 6.44. The van der Waals surface area contributed by atoms with Gasteiger partial charge in [-0.2, -0.15) is 0 Å². The molecule has 0 spiro atoms. The summed E-state index contributed by atoms with van der Waals surface area (Å²) in [5, 5.41) is 0. The first-order valence-corrected chi connectivity index (χ1v) is 12.3. The molecule has 0 N–H and O–H groups in total. The van der Waals surface area contributed by atoms with Gasteiger partial charge in [0.1, 0.15) is 5.75 Å². The molecule has 6 atom stereocenters. The summed E-state index contributed by atoms with van der Waals surface area (Å²) in [7, 11) is 0. The Hall–Kier alpha value is -1.01.